The van der Waals surface area contributed by atoms with Crippen LogP contribution in [0.5, 0.6) is 0 Å². The van der Waals surface area contributed by atoms with E-state index in [1.54, 1.807) is 4.68 Å². The molecule has 3 N–H and O–H groups in total. The molecular weight excluding hydrogens is 370 g/mol. The highest BCUT2D eigenvalue weighted by Crippen LogP contribution is 2.22. The lowest BCUT2D eigenvalue weighted by Gasteiger charge is -2.30. The Kier molecular flexibility index (Phi) is 7.74. The number of carbonyl (C=O) groups excluding carboxylic acids is 2. The Morgan fingerprint density at radius 3 is 2.66 bits per heavy atom. The van der Waals surface area contributed by atoms with E-state index in [9.17, 15) is 9.59 Å². The first-order valence-electron chi connectivity index (χ1n) is 9.81. The van der Waals surface area contributed by atoms with Crippen molar-refractivity contribution < 1.29 is 14.7 Å². The molecule has 2 amide bonds. The predicted molar refractivity (Wildman–Crippen MR) is 110 cm³/mol. The van der Waals surface area contributed by atoms with Gasteiger partial charge in [-0.15, -0.1) is 0 Å². The lowest BCUT2D eigenvalue weighted by molar-refractivity contribution is -0.125. The molecular formula is C21H29N5O3. The van der Waals surface area contributed by atoms with Gasteiger partial charge in [-0.25, -0.2) is 0 Å². The summed E-state index contributed by atoms with van der Waals surface area (Å²) in [5.41, 5.74) is 0.565. The number of hydrogen-bond acceptors (Lipinski definition) is 5. The number of unbranched alkanes of at least 4 members (excludes halogenated alkanes) is 1. The van der Waals surface area contributed by atoms with Gasteiger partial charge in [0, 0.05) is 31.5 Å². The van der Waals surface area contributed by atoms with Crippen LogP contribution >= 0.6 is 0 Å². The average Bonchev–Trinajstić information content (AvgIpc) is 3.04. The number of aliphatic hydroxyl groups excluding tert-OH is 1. The fraction of sp³-hybridized carbons (Fsp3) is 0.524. The topological polar surface area (TPSA) is 120 Å². The monoisotopic (exact) mass is 399 g/mol. The van der Waals surface area contributed by atoms with Crippen LogP contribution in [-0.2, 0) is 11.3 Å². The van der Waals surface area contributed by atoms with E-state index in [0.717, 1.165) is 5.52 Å². The van der Waals surface area contributed by atoms with Gasteiger partial charge in [0.1, 0.15) is 6.04 Å². The highest BCUT2D eigenvalue weighted by atomic mass is 16.3. The highest BCUT2D eigenvalue weighted by molar-refractivity contribution is 6.06. The van der Waals surface area contributed by atoms with Gasteiger partial charge in [-0.2, -0.15) is 10.4 Å². The maximum atomic E-state index is 13.0. The summed E-state index contributed by atoms with van der Waals surface area (Å²) in [7, 11) is 0. The van der Waals surface area contributed by atoms with E-state index >= 15 is 0 Å². The molecule has 0 aliphatic heterocycles. The van der Waals surface area contributed by atoms with Crippen LogP contribution in [0.4, 0.5) is 0 Å². The molecule has 2 rings (SSSR count). The van der Waals surface area contributed by atoms with Crippen molar-refractivity contribution in [3.63, 3.8) is 0 Å². The van der Waals surface area contributed by atoms with Crippen molar-refractivity contribution in [2.24, 2.45) is 5.41 Å². The normalized spacial score (nSPS) is 12.4. The molecule has 0 aliphatic carbocycles. The minimum Gasteiger partial charge on any atom is -0.396 e. The zero-order valence-electron chi connectivity index (χ0n) is 17.2. The number of amides is 2. The lowest BCUT2D eigenvalue weighted by atomic mass is 9.86. The van der Waals surface area contributed by atoms with Gasteiger partial charge in [-0.3, -0.25) is 14.3 Å². The fourth-order valence-electron chi connectivity index (χ4n) is 3.04. The van der Waals surface area contributed by atoms with Crippen molar-refractivity contribution >= 4 is 22.7 Å². The third-order valence-corrected chi connectivity index (χ3v) is 4.57. The van der Waals surface area contributed by atoms with E-state index in [4.69, 9.17) is 10.4 Å². The summed E-state index contributed by atoms with van der Waals surface area (Å²) in [6.45, 7) is 6.49. The summed E-state index contributed by atoms with van der Waals surface area (Å²) in [4.78, 5) is 25.6. The highest BCUT2D eigenvalue weighted by Gasteiger charge is 2.33. The van der Waals surface area contributed by atoms with Crippen molar-refractivity contribution in [2.75, 3.05) is 13.2 Å². The first-order valence-corrected chi connectivity index (χ1v) is 9.81. The second kappa shape index (κ2) is 10.0. The maximum Gasteiger partial charge on any atom is 0.273 e. The number of aromatic nitrogens is 2. The van der Waals surface area contributed by atoms with E-state index in [1.807, 2.05) is 45.0 Å². The molecule has 156 valence electrons. The molecule has 0 bridgehead atoms. The first-order chi connectivity index (χ1) is 13.8. The summed E-state index contributed by atoms with van der Waals surface area (Å²) in [5.74, 6) is -0.713. The molecule has 0 saturated heterocycles. The molecule has 2 aromatic rings. The second-order valence-corrected chi connectivity index (χ2v) is 7.99. The third-order valence-electron chi connectivity index (χ3n) is 4.57. The molecule has 0 radical (unpaired) electrons. The predicted octanol–water partition coefficient (Wildman–Crippen LogP) is 1.98. The lowest BCUT2D eigenvalue weighted by Crippen LogP contribution is -2.53. The number of nitrogens with zero attached hydrogens (tertiary/aromatic N) is 3. The van der Waals surface area contributed by atoms with Gasteiger partial charge in [0.2, 0.25) is 5.91 Å². The molecule has 29 heavy (non-hydrogen) atoms. The second-order valence-electron chi connectivity index (χ2n) is 7.99. The van der Waals surface area contributed by atoms with E-state index in [-0.39, 0.29) is 18.2 Å². The quantitative estimate of drug-likeness (QED) is 0.557. The van der Waals surface area contributed by atoms with Gasteiger partial charge < -0.3 is 15.7 Å². The zero-order valence-corrected chi connectivity index (χ0v) is 17.2. The Balaban J connectivity index is 2.26. The molecule has 8 heteroatoms. The fourth-order valence-corrected chi connectivity index (χ4v) is 3.04. The summed E-state index contributed by atoms with van der Waals surface area (Å²) in [5, 5.41) is 28.4. The van der Waals surface area contributed by atoms with Crippen LogP contribution in [0.25, 0.3) is 10.9 Å². The maximum absolute atomic E-state index is 13.0. The molecule has 0 aliphatic rings. The zero-order chi connectivity index (χ0) is 21.4. The molecule has 8 nitrogen and oxygen atoms in total. The average molecular weight is 399 g/mol. The van der Waals surface area contributed by atoms with Crippen molar-refractivity contribution in [3.8, 4) is 6.07 Å². The van der Waals surface area contributed by atoms with Crippen LogP contribution < -0.4 is 10.6 Å². The number of para-hydroxylation sites is 1. The number of fused-ring (bicyclic) bond motifs is 1. The number of rotatable bonds is 9. The summed E-state index contributed by atoms with van der Waals surface area (Å²) < 4.78 is 1.73. The van der Waals surface area contributed by atoms with Gasteiger partial charge in [0.05, 0.1) is 11.6 Å². The van der Waals surface area contributed by atoms with E-state index in [0.29, 0.717) is 37.7 Å². The van der Waals surface area contributed by atoms with Gasteiger partial charge in [0.15, 0.2) is 5.69 Å². The summed E-state index contributed by atoms with van der Waals surface area (Å²) in [6, 6.07) is 8.78. The Hall–Kier alpha value is -2.92. The Labute approximate surface area is 170 Å². The first kappa shape index (κ1) is 22.4. The van der Waals surface area contributed by atoms with Gasteiger partial charge >= 0.3 is 0 Å². The number of carbonyl (C=O) groups is 2. The Morgan fingerprint density at radius 2 is 2.00 bits per heavy atom. The standard InChI is InChI=1S/C21H29N5O3/c1-21(2,3)18(20(29)23-12-8-14-27)24-19(28)17-15-9-4-5-10-16(15)26(25-17)13-7-6-11-22/h4-5,9-10,18,27H,6-8,12-14H2,1-3H3,(H,23,29)(H,24,28)/t18-/m1/s1. The number of benzene rings is 1. The van der Waals surface area contributed by atoms with E-state index in [1.165, 1.54) is 0 Å². The molecule has 1 aromatic heterocycles. The number of nitriles is 1. The Bertz CT molecular complexity index is 892. The largest absolute Gasteiger partial charge is 0.396 e. The molecule has 0 spiro atoms. The van der Waals surface area contributed by atoms with E-state index < -0.39 is 17.4 Å². The molecule has 0 fully saturated rings. The minimum absolute atomic E-state index is 0.0119. The van der Waals surface area contributed by atoms with Crippen molar-refractivity contribution in [1.29, 1.82) is 5.26 Å². The van der Waals surface area contributed by atoms with E-state index in [2.05, 4.69) is 21.8 Å². The number of aliphatic hydroxyl groups is 1. The van der Waals surface area contributed by atoms with Crippen molar-refractivity contribution in [1.82, 2.24) is 20.4 Å². The number of hydrogen-bond donors (Lipinski definition) is 3. The van der Waals surface area contributed by atoms with Gasteiger partial charge in [-0.05, 0) is 24.3 Å². The molecule has 0 unspecified atom stereocenters. The summed E-state index contributed by atoms with van der Waals surface area (Å²) in [6.07, 6.45) is 1.51. The van der Waals surface area contributed by atoms with Crippen LogP contribution in [0.15, 0.2) is 24.3 Å². The van der Waals surface area contributed by atoms with Crippen LogP contribution in [0.3, 0.4) is 0 Å². The van der Waals surface area contributed by atoms with Crippen LogP contribution in [-0.4, -0.2) is 45.9 Å². The van der Waals surface area contributed by atoms with Gasteiger partial charge in [0.25, 0.3) is 5.91 Å². The van der Waals surface area contributed by atoms with Gasteiger partial charge in [-0.1, -0.05) is 39.0 Å². The molecule has 1 heterocycles. The number of nitrogens with one attached hydrogen (secondary N) is 2. The smallest absolute Gasteiger partial charge is 0.273 e. The Morgan fingerprint density at radius 1 is 1.28 bits per heavy atom. The SMILES string of the molecule is CC(C)(C)[C@H](NC(=O)c1nn(CCCC#N)c2ccccc12)C(=O)NCCCO. The van der Waals surface area contributed by atoms with Crippen LogP contribution in [0.2, 0.25) is 0 Å². The van der Waals surface area contributed by atoms with Crippen molar-refractivity contribution in [3.05, 3.63) is 30.0 Å². The molecule has 1 aromatic carbocycles. The molecule has 0 saturated carbocycles. The van der Waals surface area contributed by atoms with Crippen molar-refractivity contribution in [2.45, 2.75) is 52.6 Å². The number of aryl methyl sites for hydroxylation is 1. The minimum atomic E-state index is -0.754. The van der Waals surface area contributed by atoms with Crippen LogP contribution in [0, 0.1) is 16.7 Å². The third kappa shape index (κ3) is 5.78. The van der Waals surface area contributed by atoms with Crippen LogP contribution in [0.1, 0.15) is 50.5 Å². The summed E-state index contributed by atoms with van der Waals surface area (Å²) >= 11 is 0. The molecule has 1 atom stereocenters.